The van der Waals surface area contributed by atoms with E-state index >= 15 is 0 Å². The SMILES string of the molecule is CC1(N2C[C@@H](C(=O)O)[C@H](c3ccc(Cl)cc3F)C2)CC1. The lowest BCUT2D eigenvalue weighted by Gasteiger charge is -2.23. The Morgan fingerprint density at radius 1 is 1.45 bits per heavy atom. The second-order valence-corrected chi connectivity index (χ2v) is 6.56. The van der Waals surface area contributed by atoms with Gasteiger partial charge in [0.15, 0.2) is 0 Å². The van der Waals surface area contributed by atoms with Crippen LogP contribution in [0.4, 0.5) is 4.39 Å². The summed E-state index contributed by atoms with van der Waals surface area (Å²) in [5, 5.41) is 9.75. The normalized spacial score (nSPS) is 28.6. The van der Waals surface area contributed by atoms with Gasteiger partial charge in [0.2, 0.25) is 0 Å². The van der Waals surface area contributed by atoms with Gasteiger partial charge in [-0.2, -0.15) is 0 Å². The molecule has 1 saturated heterocycles. The monoisotopic (exact) mass is 297 g/mol. The van der Waals surface area contributed by atoms with Crippen molar-refractivity contribution < 1.29 is 14.3 Å². The van der Waals surface area contributed by atoms with Crippen LogP contribution in [-0.4, -0.2) is 34.6 Å². The van der Waals surface area contributed by atoms with E-state index in [1.807, 2.05) is 0 Å². The maximum absolute atomic E-state index is 14.1. The summed E-state index contributed by atoms with van der Waals surface area (Å²) in [5.74, 6) is -2.11. The van der Waals surface area contributed by atoms with E-state index in [4.69, 9.17) is 11.6 Å². The molecule has 1 heterocycles. The predicted octanol–water partition coefficient (Wildman–Crippen LogP) is 3.13. The Labute approximate surface area is 122 Å². The van der Waals surface area contributed by atoms with Crippen LogP contribution >= 0.6 is 11.6 Å². The van der Waals surface area contributed by atoms with E-state index in [0.717, 1.165) is 12.8 Å². The highest BCUT2D eigenvalue weighted by Crippen LogP contribution is 2.47. The Hall–Kier alpha value is -1.13. The fourth-order valence-electron chi connectivity index (χ4n) is 3.11. The number of likely N-dealkylation sites (tertiary alicyclic amines) is 1. The van der Waals surface area contributed by atoms with Crippen LogP contribution in [0.2, 0.25) is 5.02 Å². The maximum Gasteiger partial charge on any atom is 0.308 e. The minimum Gasteiger partial charge on any atom is -0.481 e. The summed E-state index contributed by atoms with van der Waals surface area (Å²) >= 11 is 5.77. The fraction of sp³-hybridized carbons (Fsp3) is 0.533. The smallest absolute Gasteiger partial charge is 0.308 e. The van der Waals surface area contributed by atoms with Gasteiger partial charge < -0.3 is 5.11 Å². The van der Waals surface area contributed by atoms with Crippen molar-refractivity contribution in [2.24, 2.45) is 5.92 Å². The van der Waals surface area contributed by atoms with Crippen LogP contribution in [0.25, 0.3) is 0 Å². The third-order valence-corrected chi connectivity index (χ3v) is 4.97. The highest BCUT2D eigenvalue weighted by molar-refractivity contribution is 6.30. The van der Waals surface area contributed by atoms with Gasteiger partial charge in [-0.3, -0.25) is 9.69 Å². The maximum atomic E-state index is 14.1. The molecule has 2 fully saturated rings. The van der Waals surface area contributed by atoms with Crippen molar-refractivity contribution in [1.29, 1.82) is 0 Å². The standard InChI is InChI=1S/C15H17ClFNO2/c1-15(4-5-15)18-7-11(12(8-18)14(19)20)10-3-2-9(16)6-13(10)17/h2-3,6,11-12H,4-5,7-8H2,1H3,(H,19,20)/t11-,12+/m0/s1. The summed E-state index contributed by atoms with van der Waals surface area (Å²) < 4.78 is 14.1. The van der Waals surface area contributed by atoms with E-state index in [1.54, 1.807) is 12.1 Å². The molecule has 0 aromatic heterocycles. The molecule has 1 N–H and O–H groups in total. The molecule has 2 aliphatic rings. The zero-order chi connectivity index (χ0) is 14.5. The zero-order valence-corrected chi connectivity index (χ0v) is 12.0. The van der Waals surface area contributed by atoms with Crippen LogP contribution in [-0.2, 0) is 4.79 Å². The molecule has 0 bridgehead atoms. The van der Waals surface area contributed by atoms with Crippen molar-refractivity contribution in [2.45, 2.75) is 31.2 Å². The van der Waals surface area contributed by atoms with Gasteiger partial charge in [0, 0.05) is 29.6 Å². The molecule has 0 spiro atoms. The predicted molar refractivity (Wildman–Crippen MR) is 74.5 cm³/mol. The van der Waals surface area contributed by atoms with Crippen LogP contribution in [0.3, 0.4) is 0 Å². The average molecular weight is 298 g/mol. The molecule has 0 unspecified atom stereocenters. The Bertz CT molecular complexity index is 559. The van der Waals surface area contributed by atoms with Crippen LogP contribution < -0.4 is 0 Å². The second-order valence-electron chi connectivity index (χ2n) is 6.12. The molecule has 2 atom stereocenters. The van der Waals surface area contributed by atoms with Crippen molar-refractivity contribution >= 4 is 17.6 Å². The fourth-order valence-corrected chi connectivity index (χ4v) is 3.27. The number of rotatable bonds is 3. The Morgan fingerprint density at radius 3 is 2.70 bits per heavy atom. The number of hydrogen-bond acceptors (Lipinski definition) is 2. The molecule has 3 nitrogen and oxygen atoms in total. The van der Waals surface area contributed by atoms with Crippen molar-refractivity contribution in [3.63, 3.8) is 0 Å². The molecular weight excluding hydrogens is 281 g/mol. The number of halogens is 2. The van der Waals surface area contributed by atoms with E-state index in [0.29, 0.717) is 23.7 Å². The minimum absolute atomic E-state index is 0.116. The second kappa shape index (κ2) is 4.71. The molecular formula is C15H17ClFNO2. The topological polar surface area (TPSA) is 40.5 Å². The van der Waals surface area contributed by atoms with Crippen LogP contribution in [0.5, 0.6) is 0 Å². The van der Waals surface area contributed by atoms with Crippen molar-refractivity contribution in [2.75, 3.05) is 13.1 Å². The lowest BCUT2D eigenvalue weighted by molar-refractivity contribution is -0.141. The van der Waals surface area contributed by atoms with Crippen LogP contribution in [0, 0.1) is 11.7 Å². The van der Waals surface area contributed by atoms with Gasteiger partial charge >= 0.3 is 5.97 Å². The van der Waals surface area contributed by atoms with E-state index in [1.165, 1.54) is 6.07 Å². The molecule has 1 saturated carbocycles. The first-order valence-electron chi connectivity index (χ1n) is 6.83. The third kappa shape index (κ3) is 2.31. The van der Waals surface area contributed by atoms with Gasteiger partial charge in [0.05, 0.1) is 5.92 Å². The molecule has 3 rings (SSSR count). The van der Waals surface area contributed by atoms with Crippen LogP contribution in [0.15, 0.2) is 18.2 Å². The summed E-state index contributed by atoms with van der Waals surface area (Å²) in [7, 11) is 0. The summed E-state index contributed by atoms with van der Waals surface area (Å²) in [4.78, 5) is 13.7. The van der Waals surface area contributed by atoms with Gasteiger partial charge in [0.1, 0.15) is 5.82 Å². The number of nitrogens with zero attached hydrogens (tertiary/aromatic N) is 1. The first kappa shape index (κ1) is 13.8. The average Bonchev–Trinajstić information content (AvgIpc) is 2.96. The summed E-state index contributed by atoms with van der Waals surface area (Å²) in [6.45, 7) is 3.25. The number of carbonyl (C=O) groups is 1. The van der Waals surface area contributed by atoms with Gasteiger partial charge in [-0.05, 0) is 37.5 Å². The summed E-state index contributed by atoms with van der Waals surface area (Å²) in [6.07, 6.45) is 2.18. The first-order chi connectivity index (χ1) is 9.40. The van der Waals surface area contributed by atoms with Crippen LogP contribution in [0.1, 0.15) is 31.2 Å². The van der Waals surface area contributed by atoms with E-state index in [9.17, 15) is 14.3 Å². The molecule has 1 aromatic carbocycles. The molecule has 1 aromatic rings. The minimum atomic E-state index is -0.851. The van der Waals surface area contributed by atoms with E-state index in [2.05, 4.69) is 11.8 Å². The van der Waals surface area contributed by atoms with Gasteiger partial charge in [-0.15, -0.1) is 0 Å². The highest BCUT2D eigenvalue weighted by Gasteiger charge is 2.50. The number of hydrogen-bond donors (Lipinski definition) is 1. The molecule has 5 heteroatoms. The lowest BCUT2D eigenvalue weighted by Crippen LogP contribution is -2.33. The van der Waals surface area contributed by atoms with E-state index < -0.39 is 17.7 Å². The van der Waals surface area contributed by atoms with Gasteiger partial charge in [-0.25, -0.2) is 4.39 Å². The molecule has 108 valence electrons. The van der Waals surface area contributed by atoms with E-state index in [-0.39, 0.29) is 11.5 Å². The third-order valence-electron chi connectivity index (χ3n) is 4.74. The largest absolute Gasteiger partial charge is 0.481 e. The van der Waals surface area contributed by atoms with Crippen molar-refractivity contribution in [1.82, 2.24) is 4.90 Å². The van der Waals surface area contributed by atoms with Crippen molar-refractivity contribution in [3.8, 4) is 0 Å². The number of benzene rings is 1. The quantitative estimate of drug-likeness (QED) is 0.932. The summed E-state index contributed by atoms with van der Waals surface area (Å²) in [5.41, 5.74) is 0.583. The van der Waals surface area contributed by atoms with Crippen molar-refractivity contribution in [3.05, 3.63) is 34.6 Å². The Kier molecular flexibility index (Phi) is 3.26. The molecule has 0 amide bonds. The first-order valence-corrected chi connectivity index (χ1v) is 7.21. The molecule has 1 aliphatic heterocycles. The lowest BCUT2D eigenvalue weighted by atomic mass is 9.89. The molecule has 20 heavy (non-hydrogen) atoms. The molecule has 0 radical (unpaired) electrons. The number of aliphatic carboxylic acids is 1. The Morgan fingerprint density at radius 2 is 2.15 bits per heavy atom. The molecule has 1 aliphatic carbocycles. The Balaban J connectivity index is 1.91. The summed E-state index contributed by atoms with van der Waals surface area (Å²) in [6, 6.07) is 4.51. The zero-order valence-electron chi connectivity index (χ0n) is 11.3. The van der Waals surface area contributed by atoms with Gasteiger partial charge in [0.25, 0.3) is 0 Å². The highest BCUT2D eigenvalue weighted by atomic mass is 35.5. The number of carboxylic acids is 1. The van der Waals surface area contributed by atoms with Gasteiger partial charge in [-0.1, -0.05) is 17.7 Å². The number of carboxylic acid groups (broad SMARTS) is 1.